The summed E-state index contributed by atoms with van der Waals surface area (Å²) in [6.45, 7) is 0. The molecule has 0 saturated carbocycles. The van der Waals surface area contributed by atoms with Gasteiger partial charge in [-0.3, -0.25) is 4.79 Å². The predicted octanol–water partition coefficient (Wildman–Crippen LogP) is 4.35. The molecule has 1 aromatic carbocycles. The molecule has 3 heterocycles. The average molecular weight is 429 g/mol. The first kappa shape index (κ1) is 14.9. The summed E-state index contributed by atoms with van der Waals surface area (Å²) in [6.07, 6.45) is 5.01. The van der Waals surface area contributed by atoms with E-state index in [2.05, 4.69) is 38.2 Å². The molecular formula is C18H12IN3O2. The molecule has 5 nitrogen and oxygen atoms in total. The number of nitrogens with zero attached hydrogens (tertiary/aromatic N) is 1. The maximum absolute atomic E-state index is 12.2. The van der Waals surface area contributed by atoms with E-state index in [1.165, 1.54) is 0 Å². The molecule has 2 N–H and O–H groups in total. The van der Waals surface area contributed by atoms with E-state index in [1.54, 1.807) is 18.7 Å². The lowest BCUT2D eigenvalue weighted by Crippen LogP contribution is -2.05. The highest BCUT2D eigenvalue weighted by atomic mass is 127. The van der Waals surface area contributed by atoms with Gasteiger partial charge in [0.25, 0.3) is 5.91 Å². The number of rotatable bonds is 3. The Balaban J connectivity index is 1.68. The Hall–Kier alpha value is -2.61. The lowest BCUT2D eigenvalue weighted by atomic mass is 10.1. The van der Waals surface area contributed by atoms with Crippen molar-refractivity contribution < 1.29 is 9.21 Å². The van der Waals surface area contributed by atoms with Crippen LogP contribution in [0.15, 0.2) is 65.5 Å². The first-order chi connectivity index (χ1) is 11.7. The number of anilines is 2. The molecule has 0 atom stereocenters. The standard InChI is InChI=1S/C18H12IN3O2/c19-12-3-5-13(6-4-12)20-10-15-14-8-11(16-2-1-7-24-16)9-21-17(14)22-18(15)23/h1-10,20H,(H,21,22,23)/b15-10-. The van der Waals surface area contributed by atoms with Gasteiger partial charge in [-0.2, -0.15) is 0 Å². The van der Waals surface area contributed by atoms with Crippen molar-refractivity contribution in [3.05, 3.63) is 70.3 Å². The third-order valence-electron chi connectivity index (χ3n) is 3.69. The van der Waals surface area contributed by atoms with Gasteiger partial charge in [0.05, 0.1) is 11.8 Å². The van der Waals surface area contributed by atoms with Gasteiger partial charge in [0.1, 0.15) is 11.6 Å². The zero-order valence-electron chi connectivity index (χ0n) is 12.4. The minimum Gasteiger partial charge on any atom is -0.464 e. The molecule has 0 bridgehead atoms. The minimum absolute atomic E-state index is 0.174. The van der Waals surface area contributed by atoms with E-state index in [0.717, 1.165) is 26.1 Å². The highest BCUT2D eigenvalue weighted by Crippen LogP contribution is 2.33. The molecule has 4 rings (SSSR count). The molecule has 1 aliphatic heterocycles. The van der Waals surface area contributed by atoms with Gasteiger partial charge in [0, 0.05) is 32.8 Å². The fourth-order valence-corrected chi connectivity index (χ4v) is 2.85. The summed E-state index contributed by atoms with van der Waals surface area (Å²) in [7, 11) is 0. The van der Waals surface area contributed by atoms with Gasteiger partial charge in [-0.05, 0) is 65.1 Å². The number of aromatic nitrogens is 1. The number of hydrogen-bond donors (Lipinski definition) is 2. The molecule has 0 aliphatic carbocycles. The van der Waals surface area contributed by atoms with Gasteiger partial charge in [-0.15, -0.1) is 0 Å². The number of furan rings is 1. The first-order valence-electron chi connectivity index (χ1n) is 7.28. The first-order valence-corrected chi connectivity index (χ1v) is 8.36. The van der Waals surface area contributed by atoms with Crippen molar-refractivity contribution in [2.24, 2.45) is 0 Å². The summed E-state index contributed by atoms with van der Waals surface area (Å²) >= 11 is 2.25. The van der Waals surface area contributed by atoms with Crippen molar-refractivity contribution >= 4 is 45.6 Å². The Labute approximate surface area is 151 Å². The molecule has 118 valence electrons. The Kier molecular flexibility index (Phi) is 3.81. The van der Waals surface area contributed by atoms with Crippen molar-refractivity contribution in [2.45, 2.75) is 0 Å². The second kappa shape index (κ2) is 6.12. The van der Waals surface area contributed by atoms with Crippen LogP contribution in [-0.2, 0) is 4.79 Å². The predicted molar refractivity (Wildman–Crippen MR) is 101 cm³/mol. The quantitative estimate of drug-likeness (QED) is 0.480. The van der Waals surface area contributed by atoms with Crippen molar-refractivity contribution in [1.82, 2.24) is 4.98 Å². The Morgan fingerprint density at radius 3 is 2.79 bits per heavy atom. The zero-order chi connectivity index (χ0) is 16.5. The summed E-state index contributed by atoms with van der Waals surface area (Å²) in [5, 5.41) is 5.94. The number of fused-ring (bicyclic) bond motifs is 1. The fourth-order valence-electron chi connectivity index (χ4n) is 2.49. The number of nitrogens with one attached hydrogen (secondary N) is 2. The van der Waals surface area contributed by atoms with Gasteiger partial charge in [-0.25, -0.2) is 4.98 Å². The lowest BCUT2D eigenvalue weighted by Gasteiger charge is -2.04. The Morgan fingerprint density at radius 1 is 1.21 bits per heavy atom. The van der Waals surface area contributed by atoms with E-state index in [0.29, 0.717) is 11.4 Å². The summed E-state index contributed by atoms with van der Waals surface area (Å²) < 4.78 is 6.56. The van der Waals surface area contributed by atoms with Crippen LogP contribution < -0.4 is 10.6 Å². The monoisotopic (exact) mass is 429 g/mol. The van der Waals surface area contributed by atoms with Crippen molar-refractivity contribution in [2.75, 3.05) is 10.6 Å². The fraction of sp³-hybridized carbons (Fsp3) is 0. The molecule has 0 unspecified atom stereocenters. The van der Waals surface area contributed by atoms with Gasteiger partial charge in [-0.1, -0.05) is 0 Å². The summed E-state index contributed by atoms with van der Waals surface area (Å²) in [6, 6.07) is 13.5. The second-order valence-corrected chi connectivity index (χ2v) is 6.51. The van der Waals surface area contributed by atoms with Gasteiger partial charge in [0.2, 0.25) is 0 Å². The average Bonchev–Trinajstić information content (AvgIpc) is 3.21. The summed E-state index contributed by atoms with van der Waals surface area (Å²) in [4.78, 5) is 16.5. The molecule has 0 spiro atoms. The van der Waals surface area contributed by atoms with Crippen molar-refractivity contribution in [3.63, 3.8) is 0 Å². The van der Waals surface area contributed by atoms with Crippen LogP contribution in [-0.4, -0.2) is 10.9 Å². The number of halogens is 1. The maximum Gasteiger partial charge on any atom is 0.259 e. The maximum atomic E-state index is 12.2. The molecule has 2 aromatic heterocycles. The van der Waals surface area contributed by atoms with Crippen molar-refractivity contribution in [1.29, 1.82) is 0 Å². The van der Waals surface area contributed by atoms with E-state index in [9.17, 15) is 4.79 Å². The Bertz CT molecular complexity index is 931. The van der Waals surface area contributed by atoms with Crippen LogP contribution in [0, 0.1) is 3.57 Å². The van der Waals surface area contributed by atoms with Crippen LogP contribution in [0.2, 0.25) is 0 Å². The van der Waals surface area contributed by atoms with Crippen LogP contribution in [0.5, 0.6) is 0 Å². The van der Waals surface area contributed by atoms with Crippen LogP contribution in [0.1, 0.15) is 5.56 Å². The largest absolute Gasteiger partial charge is 0.464 e. The normalized spacial score (nSPS) is 14.5. The SMILES string of the molecule is O=C1Nc2ncc(-c3ccco3)cc2/C1=C/Nc1ccc(I)cc1. The summed E-state index contributed by atoms with van der Waals surface area (Å²) in [5.74, 6) is 1.10. The molecular weight excluding hydrogens is 417 g/mol. The molecule has 0 saturated heterocycles. The topological polar surface area (TPSA) is 67.2 Å². The van der Waals surface area contributed by atoms with Crippen LogP contribution >= 0.6 is 22.6 Å². The van der Waals surface area contributed by atoms with Crippen molar-refractivity contribution in [3.8, 4) is 11.3 Å². The van der Waals surface area contributed by atoms with E-state index in [-0.39, 0.29) is 5.91 Å². The molecule has 0 fully saturated rings. The number of pyridine rings is 1. The van der Waals surface area contributed by atoms with Gasteiger partial charge in [0.15, 0.2) is 0 Å². The highest BCUT2D eigenvalue weighted by molar-refractivity contribution is 14.1. The van der Waals surface area contributed by atoms with Crippen LogP contribution in [0.3, 0.4) is 0 Å². The Morgan fingerprint density at radius 2 is 2.04 bits per heavy atom. The third kappa shape index (κ3) is 2.80. The van der Waals surface area contributed by atoms with Gasteiger partial charge < -0.3 is 15.1 Å². The molecule has 3 aromatic rings. The number of carbonyl (C=O) groups excluding carboxylic acids is 1. The molecule has 1 aliphatic rings. The smallest absolute Gasteiger partial charge is 0.259 e. The highest BCUT2D eigenvalue weighted by Gasteiger charge is 2.26. The molecule has 0 radical (unpaired) electrons. The number of amides is 1. The third-order valence-corrected chi connectivity index (χ3v) is 4.41. The second-order valence-electron chi connectivity index (χ2n) is 5.26. The molecule has 6 heteroatoms. The van der Waals surface area contributed by atoms with E-state index in [1.807, 2.05) is 42.5 Å². The number of benzene rings is 1. The molecule has 24 heavy (non-hydrogen) atoms. The van der Waals surface area contributed by atoms with Crippen LogP contribution in [0.4, 0.5) is 11.5 Å². The summed E-state index contributed by atoms with van der Waals surface area (Å²) in [5.41, 5.74) is 3.05. The number of hydrogen-bond acceptors (Lipinski definition) is 4. The van der Waals surface area contributed by atoms with E-state index >= 15 is 0 Å². The van der Waals surface area contributed by atoms with E-state index < -0.39 is 0 Å². The molecule has 1 amide bonds. The minimum atomic E-state index is -0.174. The van der Waals surface area contributed by atoms with Crippen LogP contribution in [0.25, 0.3) is 16.9 Å². The number of carbonyl (C=O) groups is 1. The van der Waals surface area contributed by atoms with E-state index in [4.69, 9.17) is 4.42 Å². The zero-order valence-corrected chi connectivity index (χ0v) is 14.6. The van der Waals surface area contributed by atoms with Gasteiger partial charge >= 0.3 is 0 Å². The lowest BCUT2D eigenvalue weighted by molar-refractivity contribution is -0.110.